The second-order valence-electron chi connectivity index (χ2n) is 7.28. The van der Waals surface area contributed by atoms with Crippen LogP contribution in [0.25, 0.3) is 11.2 Å². The molecule has 0 N–H and O–H groups in total. The number of anilines is 1. The van der Waals surface area contributed by atoms with Gasteiger partial charge in [0.15, 0.2) is 16.9 Å². The zero-order valence-electron chi connectivity index (χ0n) is 16.8. The van der Waals surface area contributed by atoms with Crippen LogP contribution < -0.4 is 16.3 Å². The minimum Gasteiger partial charge on any atom is -0.298 e. The zero-order valence-corrected chi connectivity index (χ0v) is 16.8. The van der Waals surface area contributed by atoms with Gasteiger partial charge in [-0.25, -0.2) is 9.80 Å². The van der Waals surface area contributed by atoms with Crippen LogP contribution in [-0.4, -0.2) is 42.5 Å². The molecule has 0 saturated heterocycles. The molecular weight excluding hydrogens is 388 g/mol. The zero-order chi connectivity index (χ0) is 21.6. The Morgan fingerprint density at radius 1 is 1.03 bits per heavy atom. The highest BCUT2D eigenvalue weighted by molar-refractivity contribution is 6.03. The molecule has 1 aliphatic rings. The van der Waals surface area contributed by atoms with E-state index in [1.807, 2.05) is 30.3 Å². The van der Waals surface area contributed by atoms with Crippen molar-refractivity contribution in [1.29, 1.82) is 0 Å². The van der Waals surface area contributed by atoms with Gasteiger partial charge in [0, 0.05) is 7.05 Å². The normalized spacial score (nSPS) is 13.3. The Kier molecular flexibility index (Phi) is 4.69. The fourth-order valence-corrected chi connectivity index (χ4v) is 3.54. The number of benzene rings is 1. The number of carbonyl (C=O) groups excluding carboxylic acids is 2. The van der Waals surface area contributed by atoms with E-state index < -0.39 is 11.2 Å². The smallest absolute Gasteiger partial charge is 0.298 e. The summed E-state index contributed by atoms with van der Waals surface area (Å²) in [7, 11) is 1.49. The lowest BCUT2D eigenvalue weighted by atomic mass is 10.1. The van der Waals surface area contributed by atoms with E-state index in [-0.39, 0.29) is 42.4 Å². The third-order valence-electron chi connectivity index (χ3n) is 4.85. The lowest BCUT2D eigenvalue weighted by Crippen LogP contribution is -2.41. The van der Waals surface area contributed by atoms with Crippen LogP contribution in [0.15, 0.2) is 45.0 Å². The van der Waals surface area contributed by atoms with E-state index in [1.54, 1.807) is 4.57 Å². The van der Waals surface area contributed by atoms with E-state index in [0.717, 1.165) is 10.1 Å². The van der Waals surface area contributed by atoms with Crippen LogP contribution in [-0.2, 0) is 29.7 Å². The minimum absolute atomic E-state index is 0.0325. The van der Waals surface area contributed by atoms with Crippen molar-refractivity contribution < 1.29 is 9.59 Å². The largest absolute Gasteiger partial charge is 0.332 e. The Hall–Kier alpha value is -3.82. The summed E-state index contributed by atoms with van der Waals surface area (Å²) in [5.74, 6) is -0.140. The summed E-state index contributed by atoms with van der Waals surface area (Å²) in [4.78, 5) is 53.7. The number of rotatable bonds is 5. The van der Waals surface area contributed by atoms with Crippen LogP contribution in [0.1, 0.15) is 19.4 Å². The average molecular weight is 408 g/mol. The topological polar surface area (TPSA) is 112 Å². The summed E-state index contributed by atoms with van der Waals surface area (Å²) in [6.45, 7) is 2.64. The number of ketones is 2. The molecule has 30 heavy (non-hydrogen) atoms. The van der Waals surface area contributed by atoms with Crippen LogP contribution in [0.3, 0.4) is 0 Å². The van der Waals surface area contributed by atoms with Gasteiger partial charge < -0.3 is 0 Å². The number of hydrogen-bond donors (Lipinski definition) is 0. The predicted octanol–water partition coefficient (Wildman–Crippen LogP) is 0.299. The Balaban J connectivity index is 1.99. The number of hydrogen-bond acceptors (Lipinski definition) is 7. The van der Waals surface area contributed by atoms with E-state index >= 15 is 0 Å². The van der Waals surface area contributed by atoms with Gasteiger partial charge in [-0.2, -0.15) is 10.1 Å². The second kappa shape index (κ2) is 7.21. The lowest BCUT2D eigenvalue weighted by molar-refractivity contribution is -0.118. The molecule has 4 rings (SSSR count). The first-order valence-corrected chi connectivity index (χ1v) is 9.37. The van der Waals surface area contributed by atoms with Crippen LogP contribution in [0, 0.1) is 0 Å². The molecule has 2 aromatic heterocycles. The minimum atomic E-state index is -0.625. The first-order valence-electron chi connectivity index (χ1n) is 9.37. The highest BCUT2D eigenvalue weighted by Crippen LogP contribution is 2.25. The maximum absolute atomic E-state index is 13.2. The molecule has 1 aliphatic heterocycles. The van der Waals surface area contributed by atoms with Gasteiger partial charge in [-0.05, 0) is 19.4 Å². The van der Waals surface area contributed by atoms with Crippen molar-refractivity contribution >= 4 is 34.4 Å². The SMILES string of the molecule is CC(=O)CN1N=C(c2ccccc2)Cn2c1nc1c2c(=O)n(CC(C)=O)c(=O)n1C. The number of aryl methyl sites for hydroxylation is 1. The molecule has 0 unspecified atom stereocenters. The van der Waals surface area contributed by atoms with E-state index in [4.69, 9.17) is 0 Å². The number of nitrogens with zero attached hydrogens (tertiary/aromatic N) is 6. The van der Waals surface area contributed by atoms with Gasteiger partial charge in [0.2, 0.25) is 5.95 Å². The van der Waals surface area contributed by atoms with Crippen LogP contribution in [0.4, 0.5) is 5.95 Å². The fraction of sp³-hybridized carbons (Fsp3) is 0.300. The van der Waals surface area contributed by atoms with Crippen molar-refractivity contribution in [2.75, 3.05) is 11.6 Å². The Bertz CT molecular complexity index is 1330. The molecule has 10 nitrogen and oxygen atoms in total. The number of hydrazone groups is 1. The number of imidazole rings is 1. The third kappa shape index (κ3) is 3.15. The molecule has 0 aliphatic carbocycles. The van der Waals surface area contributed by atoms with Crippen LogP contribution >= 0.6 is 0 Å². The summed E-state index contributed by atoms with van der Waals surface area (Å²) < 4.78 is 3.79. The predicted molar refractivity (Wildman–Crippen MR) is 111 cm³/mol. The standard InChI is InChI=1S/C20H20N6O4/c1-12(27)9-25-18(29)16-17(23(3)20(25)30)21-19-24(16)11-15(14-7-5-4-6-8-14)22-26(19)10-13(2)28/h4-8H,9-11H2,1-3H3. The summed E-state index contributed by atoms with van der Waals surface area (Å²) in [6.07, 6.45) is 0. The van der Waals surface area contributed by atoms with E-state index in [9.17, 15) is 19.2 Å². The first-order chi connectivity index (χ1) is 14.3. The molecule has 0 amide bonds. The van der Waals surface area contributed by atoms with Crippen LogP contribution in [0.2, 0.25) is 0 Å². The molecular formula is C20H20N6O4. The van der Waals surface area contributed by atoms with Gasteiger partial charge >= 0.3 is 5.69 Å². The quantitative estimate of drug-likeness (QED) is 0.600. The maximum atomic E-state index is 13.2. The molecule has 0 spiro atoms. The fourth-order valence-electron chi connectivity index (χ4n) is 3.54. The van der Waals surface area contributed by atoms with Gasteiger partial charge in [0.1, 0.15) is 12.3 Å². The van der Waals surface area contributed by atoms with Crippen molar-refractivity contribution in [2.24, 2.45) is 12.1 Å². The number of carbonyl (C=O) groups is 2. The van der Waals surface area contributed by atoms with Crippen molar-refractivity contribution in [1.82, 2.24) is 18.7 Å². The molecule has 154 valence electrons. The highest BCUT2D eigenvalue weighted by Gasteiger charge is 2.28. The van der Waals surface area contributed by atoms with E-state index in [2.05, 4.69) is 10.1 Å². The van der Waals surface area contributed by atoms with Crippen molar-refractivity contribution in [2.45, 2.75) is 26.9 Å². The summed E-state index contributed by atoms with van der Waals surface area (Å²) >= 11 is 0. The maximum Gasteiger partial charge on any atom is 0.332 e. The monoisotopic (exact) mass is 408 g/mol. The second-order valence-corrected chi connectivity index (χ2v) is 7.28. The molecule has 1 aromatic carbocycles. The molecule has 0 fully saturated rings. The molecule has 0 radical (unpaired) electrons. The Morgan fingerprint density at radius 3 is 2.33 bits per heavy atom. The summed E-state index contributed by atoms with van der Waals surface area (Å²) in [5, 5.41) is 6.01. The molecule has 3 heterocycles. The van der Waals surface area contributed by atoms with Gasteiger partial charge in [0.25, 0.3) is 5.56 Å². The molecule has 3 aromatic rings. The third-order valence-corrected chi connectivity index (χ3v) is 4.85. The summed E-state index contributed by atoms with van der Waals surface area (Å²) in [6, 6.07) is 9.41. The number of fused-ring (bicyclic) bond motifs is 3. The van der Waals surface area contributed by atoms with Crippen molar-refractivity contribution in [3.05, 3.63) is 56.7 Å². The number of aromatic nitrogens is 4. The first kappa shape index (κ1) is 19.5. The van der Waals surface area contributed by atoms with Gasteiger partial charge in [-0.3, -0.25) is 28.1 Å². The van der Waals surface area contributed by atoms with Gasteiger partial charge in [-0.15, -0.1) is 0 Å². The van der Waals surface area contributed by atoms with Crippen LogP contribution in [0.5, 0.6) is 0 Å². The molecule has 0 bridgehead atoms. The van der Waals surface area contributed by atoms with E-state index in [0.29, 0.717) is 11.7 Å². The van der Waals surface area contributed by atoms with Crippen molar-refractivity contribution in [3.63, 3.8) is 0 Å². The lowest BCUT2D eigenvalue weighted by Gasteiger charge is -2.25. The van der Waals surface area contributed by atoms with Gasteiger partial charge in [-0.1, -0.05) is 30.3 Å². The average Bonchev–Trinajstić information content (AvgIpc) is 3.10. The molecule has 10 heteroatoms. The van der Waals surface area contributed by atoms with Gasteiger partial charge in [0.05, 0.1) is 18.8 Å². The molecule has 0 atom stereocenters. The van der Waals surface area contributed by atoms with Crippen molar-refractivity contribution in [3.8, 4) is 0 Å². The number of Topliss-reactive ketones (excluding diaryl/α,β-unsaturated/α-hetero) is 2. The van der Waals surface area contributed by atoms with E-state index in [1.165, 1.54) is 30.5 Å². The Labute approximate surface area is 170 Å². The highest BCUT2D eigenvalue weighted by atomic mass is 16.2. The molecule has 0 saturated carbocycles. The Morgan fingerprint density at radius 2 is 1.70 bits per heavy atom. The summed E-state index contributed by atoms with van der Waals surface area (Å²) in [5.41, 5.74) is 0.630.